The molecule has 2 aromatic heterocycles. The van der Waals surface area contributed by atoms with Gasteiger partial charge in [0, 0.05) is 17.0 Å². The van der Waals surface area contributed by atoms with Crippen LogP contribution < -0.4 is 5.32 Å². The number of hydrogen-bond donors (Lipinski definition) is 1. The van der Waals surface area contributed by atoms with Gasteiger partial charge in [-0.2, -0.15) is 0 Å². The van der Waals surface area contributed by atoms with E-state index in [1.165, 1.54) is 11.5 Å². The summed E-state index contributed by atoms with van der Waals surface area (Å²) in [6.45, 7) is 4.80. The van der Waals surface area contributed by atoms with Crippen molar-refractivity contribution in [3.05, 3.63) is 35.2 Å². The van der Waals surface area contributed by atoms with E-state index in [1.807, 2.05) is 23.6 Å². The fraction of sp³-hybridized carbons (Fsp3) is 0.308. The topological polar surface area (TPSA) is 63.8 Å². The first-order chi connectivity index (χ1) is 9.22. The normalized spacial score (nSPS) is 11.3. The average Bonchev–Trinajstić information content (AvgIpc) is 3.04. The first kappa shape index (κ1) is 12.1. The molecule has 98 valence electrons. The van der Waals surface area contributed by atoms with Crippen molar-refractivity contribution in [2.75, 3.05) is 5.32 Å². The van der Waals surface area contributed by atoms with Crippen molar-refractivity contribution >= 4 is 28.3 Å². The molecule has 2 heterocycles. The maximum absolute atomic E-state index is 5.68. The molecule has 0 aliphatic rings. The fourth-order valence-corrected chi connectivity index (χ4v) is 2.21. The fourth-order valence-electron chi connectivity index (χ4n) is 1.76. The maximum atomic E-state index is 5.68. The van der Waals surface area contributed by atoms with Crippen molar-refractivity contribution in [2.45, 2.75) is 26.3 Å². The summed E-state index contributed by atoms with van der Waals surface area (Å²) in [5.41, 5.74) is 3.65. The van der Waals surface area contributed by atoms with Gasteiger partial charge in [0.2, 0.25) is 0 Å². The van der Waals surface area contributed by atoms with Crippen LogP contribution in [-0.2, 0) is 6.54 Å². The highest BCUT2D eigenvalue weighted by molar-refractivity contribution is 7.03. The lowest BCUT2D eigenvalue weighted by Crippen LogP contribution is -1.99. The van der Waals surface area contributed by atoms with Crippen molar-refractivity contribution in [3.63, 3.8) is 0 Å². The summed E-state index contributed by atoms with van der Waals surface area (Å²) in [6.07, 6.45) is 0. The molecule has 6 heteroatoms. The van der Waals surface area contributed by atoms with Crippen molar-refractivity contribution < 1.29 is 4.42 Å². The van der Waals surface area contributed by atoms with Crippen LogP contribution >= 0.6 is 11.5 Å². The first-order valence-electron chi connectivity index (χ1n) is 6.12. The molecule has 0 radical (unpaired) electrons. The average molecular weight is 274 g/mol. The van der Waals surface area contributed by atoms with Gasteiger partial charge in [-0.15, -0.1) is 5.10 Å². The molecule has 0 saturated carbocycles. The lowest BCUT2D eigenvalue weighted by atomic mass is 10.2. The van der Waals surface area contributed by atoms with Gasteiger partial charge in [-0.3, -0.25) is 0 Å². The van der Waals surface area contributed by atoms with Crippen LogP contribution in [0, 0.1) is 0 Å². The summed E-state index contributed by atoms with van der Waals surface area (Å²) in [4.78, 5) is 4.49. The van der Waals surface area contributed by atoms with E-state index < -0.39 is 0 Å². The second-order valence-electron chi connectivity index (χ2n) is 4.64. The Morgan fingerprint density at radius 2 is 2.26 bits per heavy atom. The molecule has 3 rings (SSSR count). The van der Waals surface area contributed by atoms with Crippen molar-refractivity contribution in [2.24, 2.45) is 0 Å². The van der Waals surface area contributed by atoms with E-state index in [0.717, 1.165) is 28.4 Å². The Balaban J connectivity index is 1.80. The predicted molar refractivity (Wildman–Crippen MR) is 75.3 cm³/mol. The number of hydrogen-bond acceptors (Lipinski definition) is 6. The van der Waals surface area contributed by atoms with Gasteiger partial charge in [-0.1, -0.05) is 18.3 Å². The van der Waals surface area contributed by atoms with E-state index in [0.29, 0.717) is 12.5 Å². The van der Waals surface area contributed by atoms with Crippen LogP contribution in [-0.4, -0.2) is 14.6 Å². The predicted octanol–water partition coefficient (Wildman–Crippen LogP) is 3.41. The van der Waals surface area contributed by atoms with Crippen LogP contribution in [0.5, 0.6) is 0 Å². The number of aromatic nitrogens is 3. The van der Waals surface area contributed by atoms with Gasteiger partial charge >= 0.3 is 0 Å². The van der Waals surface area contributed by atoms with Crippen molar-refractivity contribution in [3.8, 4) is 0 Å². The molecule has 3 aromatic rings. The molecule has 0 bridgehead atoms. The Morgan fingerprint density at radius 1 is 1.37 bits per heavy atom. The number of anilines is 1. The Kier molecular flexibility index (Phi) is 3.16. The van der Waals surface area contributed by atoms with Gasteiger partial charge in [0.1, 0.15) is 5.52 Å². The second-order valence-corrected chi connectivity index (χ2v) is 5.25. The highest BCUT2D eigenvalue weighted by atomic mass is 32.1. The summed E-state index contributed by atoms with van der Waals surface area (Å²) in [5, 5.41) is 9.22. The molecule has 0 amide bonds. The molecule has 0 aliphatic carbocycles. The van der Waals surface area contributed by atoms with Gasteiger partial charge in [0.25, 0.3) is 0 Å². The summed E-state index contributed by atoms with van der Waals surface area (Å²) in [7, 11) is 0. The lowest BCUT2D eigenvalue weighted by molar-refractivity contribution is 0.501. The third-order valence-corrected chi connectivity index (χ3v) is 3.33. The molecule has 0 atom stereocenters. The summed E-state index contributed by atoms with van der Waals surface area (Å²) in [6, 6.07) is 5.91. The van der Waals surface area contributed by atoms with E-state index >= 15 is 0 Å². The van der Waals surface area contributed by atoms with E-state index in [-0.39, 0.29) is 0 Å². The molecule has 19 heavy (non-hydrogen) atoms. The van der Waals surface area contributed by atoms with Crippen LogP contribution in [0.15, 0.2) is 28.0 Å². The third-order valence-electron chi connectivity index (χ3n) is 2.78. The Bertz CT molecular complexity index is 675. The Hall–Kier alpha value is -1.95. The number of nitrogens with one attached hydrogen (secondary N) is 1. The van der Waals surface area contributed by atoms with E-state index in [1.54, 1.807) is 0 Å². The summed E-state index contributed by atoms with van der Waals surface area (Å²) in [5.74, 6) is 1.07. The minimum absolute atomic E-state index is 0.296. The molecule has 0 fully saturated rings. The molecular formula is C13H14N4OS. The van der Waals surface area contributed by atoms with Crippen LogP contribution in [0.25, 0.3) is 11.1 Å². The van der Waals surface area contributed by atoms with Crippen LogP contribution in [0.2, 0.25) is 0 Å². The highest BCUT2D eigenvalue weighted by Gasteiger charge is 2.09. The third kappa shape index (κ3) is 2.58. The smallest absolute Gasteiger partial charge is 0.198 e. The zero-order valence-corrected chi connectivity index (χ0v) is 11.6. The van der Waals surface area contributed by atoms with E-state index in [4.69, 9.17) is 4.42 Å². The van der Waals surface area contributed by atoms with Crippen molar-refractivity contribution in [1.29, 1.82) is 0 Å². The minimum atomic E-state index is 0.296. The Morgan fingerprint density at radius 3 is 3.00 bits per heavy atom. The monoisotopic (exact) mass is 274 g/mol. The zero-order chi connectivity index (χ0) is 13.2. The van der Waals surface area contributed by atoms with Crippen LogP contribution in [0.3, 0.4) is 0 Å². The van der Waals surface area contributed by atoms with Crippen LogP contribution in [0.4, 0.5) is 5.69 Å². The quantitative estimate of drug-likeness (QED) is 0.789. The van der Waals surface area contributed by atoms with Gasteiger partial charge in [-0.05, 0) is 29.7 Å². The maximum Gasteiger partial charge on any atom is 0.198 e. The highest BCUT2D eigenvalue weighted by Crippen LogP contribution is 2.23. The number of rotatable bonds is 4. The molecule has 0 unspecified atom stereocenters. The van der Waals surface area contributed by atoms with Gasteiger partial charge in [-0.25, -0.2) is 4.98 Å². The molecule has 1 N–H and O–H groups in total. The minimum Gasteiger partial charge on any atom is -0.440 e. The number of benzene rings is 1. The number of oxazole rings is 1. The largest absolute Gasteiger partial charge is 0.440 e. The van der Waals surface area contributed by atoms with E-state index in [2.05, 4.69) is 33.7 Å². The molecule has 0 aliphatic heterocycles. The summed E-state index contributed by atoms with van der Waals surface area (Å²) >= 11 is 1.36. The van der Waals surface area contributed by atoms with E-state index in [9.17, 15) is 0 Å². The lowest BCUT2D eigenvalue weighted by Gasteiger charge is -2.02. The standard InChI is InChI=1S/C13H14N4OS/c1-8(2)13-15-11-5-9(3-4-12(11)18-13)14-6-10-7-19-17-16-10/h3-5,7-8,14H,6H2,1-2H3. The van der Waals surface area contributed by atoms with Crippen LogP contribution in [0.1, 0.15) is 31.4 Å². The van der Waals surface area contributed by atoms with Gasteiger partial charge in [0.15, 0.2) is 11.5 Å². The SMILES string of the molecule is CC(C)c1nc2cc(NCc3csnn3)ccc2o1. The molecule has 0 spiro atoms. The van der Waals surface area contributed by atoms with Gasteiger partial charge in [0.05, 0.1) is 12.2 Å². The molecule has 0 saturated heterocycles. The summed E-state index contributed by atoms with van der Waals surface area (Å²) < 4.78 is 9.51. The molecule has 1 aromatic carbocycles. The Labute approximate surface area is 114 Å². The zero-order valence-electron chi connectivity index (χ0n) is 10.8. The number of fused-ring (bicyclic) bond motifs is 1. The number of nitrogens with zero attached hydrogens (tertiary/aromatic N) is 3. The van der Waals surface area contributed by atoms with Gasteiger partial charge < -0.3 is 9.73 Å². The molecule has 5 nitrogen and oxygen atoms in total. The van der Waals surface area contributed by atoms with Crippen molar-refractivity contribution in [1.82, 2.24) is 14.6 Å². The molecular weight excluding hydrogens is 260 g/mol. The second kappa shape index (κ2) is 4.97. The first-order valence-corrected chi connectivity index (χ1v) is 6.96.